The van der Waals surface area contributed by atoms with Crippen LogP contribution in [-0.2, 0) is 4.74 Å². The first-order valence-electron chi connectivity index (χ1n) is 2.03. The zero-order valence-electron chi connectivity index (χ0n) is 4.87. The van der Waals surface area contributed by atoms with Crippen molar-refractivity contribution in [3.05, 3.63) is 12.7 Å². The standard InChI is InChI=1S/C4H8O.BH2O2/c1-3-4-5-2;2-1-3/h3H,1,4H2,2H3;2-3H. The van der Waals surface area contributed by atoms with Gasteiger partial charge in [0.15, 0.2) is 0 Å². The Morgan fingerprint density at radius 1 is 1.75 bits per heavy atom. The minimum absolute atomic E-state index is 0. The van der Waals surface area contributed by atoms with Crippen LogP contribution >= 0.6 is 0 Å². The highest BCUT2D eigenvalue weighted by atomic mass is 16.5. The molecule has 0 rings (SSSR count). The lowest BCUT2D eigenvalue weighted by Gasteiger charge is -1.79. The SMILES string of the molecule is C=CCOC.O[B]O. The third kappa shape index (κ3) is 44.0. The molecule has 0 spiro atoms. The zero-order chi connectivity index (χ0) is 6.83. The van der Waals surface area contributed by atoms with E-state index in [1.807, 2.05) is 0 Å². The van der Waals surface area contributed by atoms with Gasteiger partial charge in [-0.2, -0.15) is 0 Å². The van der Waals surface area contributed by atoms with Crippen molar-refractivity contribution in [1.82, 2.24) is 0 Å². The Kier molecular flexibility index (Phi) is 21.1. The van der Waals surface area contributed by atoms with Crippen LogP contribution < -0.4 is 0 Å². The molecular formula is C4H10BO3. The molecule has 0 aromatic heterocycles. The number of rotatable bonds is 2. The maximum absolute atomic E-state index is 7.00. The fourth-order valence-corrected chi connectivity index (χ4v) is 0.118. The lowest BCUT2D eigenvalue weighted by Crippen LogP contribution is -1.76. The van der Waals surface area contributed by atoms with Crippen molar-refractivity contribution >= 4 is 7.69 Å². The zero-order valence-corrected chi connectivity index (χ0v) is 4.87. The van der Waals surface area contributed by atoms with Crippen LogP contribution in [0.1, 0.15) is 0 Å². The van der Waals surface area contributed by atoms with Gasteiger partial charge in [-0.05, 0) is 0 Å². The van der Waals surface area contributed by atoms with Gasteiger partial charge in [0.1, 0.15) is 0 Å². The topological polar surface area (TPSA) is 49.7 Å². The third-order valence-corrected chi connectivity index (χ3v) is 0.285. The number of hydrogen-bond donors (Lipinski definition) is 2. The van der Waals surface area contributed by atoms with Gasteiger partial charge in [0.2, 0.25) is 0 Å². The summed E-state index contributed by atoms with van der Waals surface area (Å²) in [7, 11) is 1.64. The van der Waals surface area contributed by atoms with E-state index in [4.69, 9.17) is 10.0 Å². The predicted molar refractivity (Wildman–Crippen MR) is 32.3 cm³/mol. The molecule has 0 saturated heterocycles. The molecule has 8 heavy (non-hydrogen) atoms. The molecule has 0 amide bonds. The van der Waals surface area contributed by atoms with Crippen LogP contribution in [0, 0.1) is 0 Å². The maximum Gasteiger partial charge on any atom is 0.482 e. The molecule has 0 atom stereocenters. The molecule has 0 aromatic carbocycles. The van der Waals surface area contributed by atoms with Gasteiger partial charge in [-0.25, -0.2) is 0 Å². The van der Waals surface area contributed by atoms with Crippen LogP contribution in [0.2, 0.25) is 0 Å². The summed E-state index contributed by atoms with van der Waals surface area (Å²) in [5, 5.41) is 14.0. The minimum Gasteiger partial charge on any atom is -0.429 e. The summed E-state index contributed by atoms with van der Waals surface area (Å²) in [6, 6.07) is 0. The van der Waals surface area contributed by atoms with E-state index in [9.17, 15) is 0 Å². The minimum atomic E-state index is 0. The van der Waals surface area contributed by atoms with Crippen LogP contribution in [0.5, 0.6) is 0 Å². The van der Waals surface area contributed by atoms with E-state index < -0.39 is 0 Å². The van der Waals surface area contributed by atoms with Crippen molar-refractivity contribution in [2.45, 2.75) is 0 Å². The Morgan fingerprint density at radius 2 is 2.12 bits per heavy atom. The summed E-state index contributed by atoms with van der Waals surface area (Å²) in [5.41, 5.74) is 0. The molecular weight excluding hydrogens is 107 g/mol. The van der Waals surface area contributed by atoms with E-state index in [0.717, 1.165) is 0 Å². The third-order valence-electron chi connectivity index (χ3n) is 0.285. The summed E-state index contributed by atoms with van der Waals surface area (Å²) in [4.78, 5) is 0. The summed E-state index contributed by atoms with van der Waals surface area (Å²) in [6.07, 6.45) is 1.71. The van der Waals surface area contributed by atoms with Gasteiger partial charge in [0.25, 0.3) is 0 Å². The van der Waals surface area contributed by atoms with Gasteiger partial charge in [-0.1, -0.05) is 6.08 Å². The van der Waals surface area contributed by atoms with Gasteiger partial charge in [0.05, 0.1) is 6.61 Å². The molecule has 0 aliphatic carbocycles. The number of methoxy groups -OCH3 is 1. The molecule has 0 aliphatic rings. The second-order valence-electron chi connectivity index (χ2n) is 0.859. The number of ether oxygens (including phenoxy) is 1. The van der Waals surface area contributed by atoms with E-state index >= 15 is 0 Å². The normalized spacial score (nSPS) is 6.38. The first-order chi connectivity index (χ1) is 3.83. The molecule has 4 heteroatoms. The average molecular weight is 117 g/mol. The van der Waals surface area contributed by atoms with Gasteiger partial charge < -0.3 is 14.8 Å². The summed E-state index contributed by atoms with van der Waals surface area (Å²) in [5.74, 6) is 0. The Morgan fingerprint density at radius 3 is 2.12 bits per heavy atom. The second-order valence-corrected chi connectivity index (χ2v) is 0.859. The molecule has 2 N–H and O–H groups in total. The predicted octanol–water partition coefficient (Wildman–Crippen LogP) is -0.676. The molecule has 0 heterocycles. The monoisotopic (exact) mass is 117 g/mol. The van der Waals surface area contributed by atoms with Crippen molar-refractivity contribution in [2.75, 3.05) is 13.7 Å². The van der Waals surface area contributed by atoms with Crippen LogP contribution in [0.4, 0.5) is 0 Å². The molecule has 0 aliphatic heterocycles. The first kappa shape index (κ1) is 10.6. The van der Waals surface area contributed by atoms with Gasteiger partial charge in [-0.3, -0.25) is 0 Å². The van der Waals surface area contributed by atoms with E-state index in [1.165, 1.54) is 0 Å². The molecule has 0 bridgehead atoms. The Bertz CT molecular complexity index is 40.3. The quantitative estimate of drug-likeness (QED) is 0.372. The van der Waals surface area contributed by atoms with Crippen LogP contribution in [0.3, 0.4) is 0 Å². The number of hydrogen-bond acceptors (Lipinski definition) is 3. The fourth-order valence-electron chi connectivity index (χ4n) is 0.118. The van der Waals surface area contributed by atoms with Crippen molar-refractivity contribution < 1.29 is 14.8 Å². The van der Waals surface area contributed by atoms with Gasteiger partial charge >= 0.3 is 7.69 Å². The highest BCUT2D eigenvalue weighted by molar-refractivity contribution is 6.13. The first-order valence-corrected chi connectivity index (χ1v) is 2.03. The average Bonchev–Trinajstić information content (AvgIpc) is 1.71. The lowest BCUT2D eigenvalue weighted by atomic mass is 10.5. The molecule has 0 unspecified atom stereocenters. The molecule has 1 radical (unpaired) electrons. The smallest absolute Gasteiger partial charge is 0.429 e. The van der Waals surface area contributed by atoms with Gasteiger partial charge in [-0.15, -0.1) is 6.58 Å². The Labute approximate surface area is 49.9 Å². The summed E-state index contributed by atoms with van der Waals surface area (Å²) in [6.45, 7) is 4.08. The summed E-state index contributed by atoms with van der Waals surface area (Å²) < 4.78 is 4.57. The molecule has 47 valence electrons. The van der Waals surface area contributed by atoms with Gasteiger partial charge in [0, 0.05) is 7.11 Å². The van der Waals surface area contributed by atoms with Crippen molar-refractivity contribution in [3.63, 3.8) is 0 Å². The largest absolute Gasteiger partial charge is 0.482 e. The van der Waals surface area contributed by atoms with Crippen LogP contribution in [0.15, 0.2) is 12.7 Å². The molecule has 0 aromatic rings. The van der Waals surface area contributed by atoms with E-state index in [0.29, 0.717) is 6.61 Å². The fraction of sp³-hybridized carbons (Fsp3) is 0.500. The van der Waals surface area contributed by atoms with E-state index in [1.54, 1.807) is 13.2 Å². The maximum atomic E-state index is 7.00. The van der Waals surface area contributed by atoms with Crippen molar-refractivity contribution in [1.29, 1.82) is 0 Å². The Hall–Kier alpha value is -0.315. The van der Waals surface area contributed by atoms with Crippen LogP contribution in [0.25, 0.3) is 0 Å². The molecule has 3 nitrogen and oxygen atoms in total. The van der Waals surface area contributed by atoms with Crippen LogP contribution in [-0.4, -0.2) is 31.4 Å². The van der Waals surface area contributed by atoms with E-state index in [2.05, 4.69) is 11.3 Å². The van der Waals surface area contributed by atoms with Crippen molar-refractivity contribution in [3.8, 4) is 0 Å². The molecule has 0 saturated carbocycles. The summed E-state index contributed by atoms with van der Waals surface area (Å²) >= 11 is 0. The highest BCUT2D eigenvalue weighted by Gasteiger charge is 1.58. The lowest BCUT2D eigenvalue weighted by molar-refractivity contribution is 0.234. The molecule has 0 fully saturated rings. The Balaban J connectivity index is 0. The van der Waals surface area contributed by atoms with Crippen molar-refractivity contribution in [2.24, 2.45) is 0 Å². The highest BCUT2D eigenvalue weighted by Crippen LogP contribution is 1.60. The second kappa shape index (κ2) is 15.9. The van der Waals surface area contributed by atoms with E-state index in [-0.39, 0.29) is 7.69 Å².